The predicted molar refractivity (Wildman–Crippen MR) is 610 cm³/mol. The van der Waals surface area contributed by atoms with Gasteiger partial charge >= 0.3 is 0 Å². The normalized spacial score (nSPS) is 11.7. The maximum Gasteiger partial charge on any atom is 0.179 e. The van der Waals surface area contributed by atoms with E-state index >= 15 is 0 Å². The maximum atomic E-state index is 2.42. The lowest BCUT2D eigenvalue weighted by Crippen LogP contribution is -2.74. The number of hydrogen-bond donors (Lipinski definition) is 0. The van der Waals surface area contributed by atoms with Gasteiger partial charge in [-0.1, -0.05) is 461 Å². The molecule has 2 aromatic heterocycles. The Balaban J connectivity index is 0.000000149. The number of benzene rings is 24. The lowest BCUT2D eigenvalue weighted by Gasteiger charge is -2.35. The topological polar surface area (TPSA) is 16.3 Å². The third-order valence-corrected chi connectivity index (χ3v) is 38.7. The van der Waals surface area contributed by atoms with Crippen molar-refractivity contribution < 1.29 is 0 Å². The summed E-state index contributed by atoms with van der Waals surface area (Å²) in [5, 5.41) is 25.8. The van der Waals surface area contributed by atoms with Crippen LogP contribution in [-0.4, -0.2) is 25.3 Å². The minimum absolute atomic E-state index is 1.09. The summed E-state index contributed by atoms with van der Waals surface area (Å²) >= 11 is 0. The summed E-state index contributed by atoms with van der Waals surface area (Å²) in [7, 11) is -5.42. The Morgan fingerprint density at radius 3 is 0.746 bits per heavy atom. The Morgan fingerprint density at radius 1 is 0.141 bits per heavy atom. The summed E-state index contributed by atoms with van der Waals surface area (Å²) < 4.78 is 4.77. The number of rotatable bonds is 20. The monoisotopic (exact) mass is 1840 g/mol. The lowest BCUT2D eigenvalue weighted by atomic mass is 9.96. The summed E-state index contributed by atoms with van der Waals surface area (Å²) in [5.41, 5.74) is 23.3. The fourth-order valence-corrected chi connectivity index (χ4v) is 32.0. The average Bonchev–Trinajstić information content (AvgIpc) is 1.34. The largest absolute Gasteiger partial charge is 0.310 e. The number of hydrogen-bond acceptors (Lipinski definition) is 2. The minimum atomic E-state index is -2.71. The molecule has 2 heterocycles. The Labute approximate surface area is 829 Å². The second kappa shape index (κ2) is 37.1. The Morgan fingerprint density at radius 2 is 0.380 bits per heavy atom. The molecule has 0 unspecified atom stereocenters. The summed E-state index contributed by atoms with van der Waals surface area (Å²) in [6.45, 7) is 0. The van der Waals surface area contributed by atoms with Gasteiger partial charge in [0.25, 0.3) is 0 Å². The molecule has 0 aliphatic carbocycles. The molecule has 26 rings (SSSR count). The van der Waals surface area contributed by atoms with Gasteiger partial charge in [-0.05, 0) is 250 Å². The van der Waals surface area contributed by atoms with E-state index in [-0.39, 0.29) is 0 Å². The summed E-state index contributed by atoms with van der Waals surface area (Å²) in [6, 6.07) is 215. The molecule has 142 heavy (non-hydrogen) atoms. The highest BCUT2D eigenvalue weighted by Gasteiger charge is 2.43. The van der Waals surface area contributed by atoms with Crippen LogP contribution in [0.4, 0.5) is 34.1 Å². The molecule has 26 aromatic rings. The summed E-state index contributed by atoms with van der Waals surface area (Å²) in [6.07, 6.45) is 0. The standard InChI is InChI=1S/2C68H48N2Si/c1-5-19-54(20-6-1)70-66-30-16-15-28-64(66)68-63(29-17-31-67(68)70)52-34-32-49(33-35-52)50-38-41-55(42-39-50)69(57-43-40-53-37-36-51-18-13-14-27-62(51)65(53)48-57)56-44-46-61(47-45-56)71(58-21-7-2-8-22-58,59-23-9-3-10-24-59)60-25-11-4-12-26-60;1-5-19-54(20-6-1)70-66-30-16-15-28-65(66)68-64(29-17-31-67(68)70)52-34-32-49(33-35-52)50-38-40-55(41-39-50)69(57-44-47-63-53(48-57)37-36-51-18-13-14-27-62(51)63)56-42-45-61(46-43-56)71(58-21-7-2-8-22-58,59-23-9-3-10-24-59)60-25-11-4-12-26-60/h2*1-48H. The highest BCUT2D eigenvalue weighted by molar-refractivity contribution is 7.20. The first-order valence-electron chi connectivity index (χ1n) is 49.0. The molecule has 0 atom stereocenters. The van der Waals surface area contributed by atoms with E-state index in [0.717, 1.165) is 45.5 Å². The van der Waals surface area contributed by atoms with Gasteiger partial charge in [-0.25, -0.2) is 0 Å². The number of anilines is 6. The SMILES string of the molecule is c1ccc(-n2c3ccccc3c3c(-c4ccc(-c5ccc(N(c6ccc([Si](c7ccccc7)(c7ccccc7)c7ccccc7)cc6)c6ccc7c(ccc8ccccc87)c6)cc5)cc4)cccc32)cc1.c1ccc(-n2c3ccccc3c3c(-c4ccc(-c5ccc(N(c6ccc([Si](c7ccccc7)(c7ccccc7)c7ccccc7)cc6)c6ccc7ccc8ccccc8c7c6)cc5)cc4)cccc32)cc1. The van der Waals surface area contributed by atoms with E-state index < -0.39 is 16.1 Å². The fourth-order valence-electron chi connectivity index (χ4n) is 22.5. The molecule has 0 saturated carbocycles. The summed E-state index contributed by atoms with van der Waals surface area (Å²) in [4.78, 5) is 4.83. The zero-order valence-corrected chi connectivity index (χ0v) is 80.2. The van der Waals surface area contributed by atoms with Crippen LogP contribution in [0.3, 0.4) is 0 Å². The average molecular weight is 1840 g/mol. The third-order valence-electron chi connectivity index (χ3n) is 29.1. The molecule has 0 radical (unpaired) electrons. The van der Waals surface area contributed by atoms with Gasteiger partial charge in [0.2, 0.25) is 0 Å². The van der Waals surface area contributed by atoms with Crippen molar-refractivity contribution >= 4 is 178 Å². The molecule has 0 aliphatic rings. The molecule has 0 amide bonds. The maximum absolute atomic E-state index is 2.71. The highest BCUT2D eigenvalue weighted by atomic mass is 28.3. The van der Waals surface area contributed by atoms with Gasteiger partial charge < -0.3 is 18.9 Å². The van der Waals surface area contributed by atoms with E-state index in [0.29, 0.717) is 0 Å². The van der Waals surface area contributed by atoms with E-state index in [2.05, 4.69) is 601 Å². The van der Waals surface area contributed by atoms with Crippen LogP contribution in [-0.2, 0) is 0 Å². The van der Waals surface area contributed by atoms with Gasteiger partial charge in [0.1, 0.15) is 0 Å². The van der Waals surface area contributed by atoms with Crippen LogP contribution in [0, 0.1) is 0 Å². The molecule has 24 aromatic carbocycles. The molecule has 0 fully saturated rings. The second-order valence-electron chi connectivity index (χ2n) is 36.9. The molecule has 0 aliphatic heterocycles. The Kier molecular flexibility index (Phi) is 22.4. The molecule has 0 saturated heterocycles. The third kappa shape index (κ3) is 15.3. The quantitative estimate of drug-likeness (QED) is 0.0430. The van der Waals surface area contributed by atoms with Crippen LogP contribution >= 0.6 is 0 Å². The van der Waals surface area contributed by atoms with Crippen molar-refractivity contribution in [2.75, 3.05) is 9.80 Å². The molecule has 4 nitrogen and oxygen atoms in total. The molecular weight excluding hydrogens is 1750 g/mol. The van der Waals surface area contributed by atoms with Crippen LogP contribution in [0.15, 0.2) is 582 Å². The van der Waals surface area contributed by atoms with Gasteiger partial charge in [0.15, 0.2) is 16.1 Å². The smallest absolute Gasteiger partial charge is 0.179 e. The second-order valence-corrected chi connectivity index (χ2v) is 44.5. The number of aromatic nitrogens is 2. The fraction of sp³-hybridized carbons (Fsp3) is 0. The molecule has 668 valence electrons. The van der Waals surface area contributed by atoms with Crippen LogP contribution in [0.2, 0.25) is 0 Å². The zero-order valence-electron chi connectivity index (χ0n) is 78.2. The van der Waals surface area contributed by atoms with Crippen molar-refractivity contribution in [2.45, 2.75) is 0 Å². The van der Waals surface area contributed by atoms with Gasteiger partial charge in [-0.2, -0.15) is 0 Å². The zero-order chi connectivity index (χ0) is 94.3. The molecule has 0 bridgehead atoms. The van der Waals surface area contributed by atoms with E-state index in [4.69, 9.17) is 0 Å². The van der Waals surface area contributed by atoms with Gasteiger partial charge in [-0.15, -0.1) is 0 Å². The minimum Gasteiger partial charge on any atom is -0.310 e. The molecule has 6 heteroatoms. The first-order chi connectivity index (χ1) is 70.4. The van der Waals surface area contributed by atoms with E-state index in [1.807, 2.05) is 0 Å². The van der Waals surface area contributed by atoms with E-state index in [1.54, 1.807) is 0 Å². The van der Waals surface area contributed by atoms with Crippen molar-refractivity contribution in [3.63, 3.8) is 0 Å². The number of para-hydroxylation sites is 4. The number of fused-ring (bicyclic) bond motifs is 12. The van der Waals surface area contributed by atoms with Crippen molar-refractivity contribution in [1.29, 1.82) is 0 Å². The van der Waals surface area contributed by atoms with Crippen LogP contribution in [0.25, 0.3) is 143 Å². The lowest BCUT2D eigenvalue weighted by molar-refractivity contribution is 1.18. The van der Waals surface area contributed by atoms with Crippen molar-refractivity contribution in [3.05, 3.63) is 582 Å². The van der Waals surface area contributed by atoms with Gasteiger partial charge in [0.05, 0.1) is 22.1 Å². The first-order valence-corrected chi connectivity index (χ1v) is 53.0. The van der Waals surface area contributed by atoms with Crippen LogP contribution in [0.1, 0.15) is 0 Å². The molecular formula is C136H96N4Si2. The van der Waals surface area contributed by atoms with E-state index in [9.17, 15) is 0 Å². The van der Waals surface area contributed by atoms with Crippen LogP contribution < -0.4 is 51.3 Å². The van der Waals surface area contributed by atoms with Crippen molar-refractivity contribution in [2.24, 2.45) is 0 Å². The first kappa shape index (κ1) is 85.6. The molecule has 0 spiro atoms. The predicted octanol–water partition coefficient (Wildman–Crippen LogP) is 30.5. The number of nitrogens with zero attached hydrogens (tertiary/aromatic N) is 4. The van der Waals surface area contributed by atoms with Gasteiger partial charge in [0, 0.05) is 67.0 Å². The Bertz CT molecular complexity index is 8870. The van der Waals surface area contributed by atoms with E-state index in [1.165, 1.54) is 173 Å². The summed E-state index contributed by atoms with van der Waals surface area (Å²) in [5.74, 6) is 0. The van der Waals surface area contributed by atoms with Crippen LogP contribution in [0.5, 0.6) is 0 Å². The molecule has 0 N–H and O–H groups in total. The van der Waals surface area contributed by atoms with Crippen molar-refractivity contribution in [3.8, 4) is 55.9 Å². The highest BCUT2D eigenvalue weighted by Crippen LogP contribution is 2.46. The van der Waals surface area contributed by atoms with Gasteiger partial charge in [-0.3, -0.25) is 0 Å². The van der Waals surface area contributed by atoms with Crippen molar-refractivity contribution in [1.82, 2.24) is 9.13 Å². The Hall–Kier alpha value is -18.0.